The van der Waals surface area contributed by atoms with Gasteiger partial charge in [0, 0.05) is 31.2 Å². The van der Waals surface area contributed by atoms with E-state index in [1.54, 1.807) is 12.4 Å². The van der Waals surface area contributed by atoms with E-state index in [0.717, 1.165) is 27.6 Å². The average Bonchev–Trinajstić information content (AvgIpc) is 3.28. The highest BCUT2D eigenvalue weighted by molar-refractivity contribution is 5.78. The second-order valence-corrected chi connectivity index (χ2v) is 7.13. The van der Waals surface area contributed by atoms with Crippen LogP contribution in [0.3, 0.4) is 0 Å². The van der Waals surface area contributed by atoms with Gasteiger partial charge in [-0.05, 0) is 18.2 Å². The maximum Gasteiger partial charge on any atom is 0.140 e. The molecule has 7 heteroatoms. The highest BCUT2D eigenvalue weighted by Crippen LogP contribution is 2.21. The molecule has 0 spiro atoms. The molecule has 1 fully saturated rings. The lowest BCUT2D eigenvalue weighted by Gasteiger charge is -2.15. The fourth-order valence-corrected chi connectivity index (χ4v) is 3.68. The largest absolute Gasteiger partial charge is 0.366 e. The Hall–Kier alpha value is -2.90. The lowest BCUT2D eigenvalue weighted by Crippen LogP contribution is -2.24. The lowest BCUT2D eigenvalue weighted by atomic mass is 10.2. The Bertz CT molecular complexity index is 1080. The third-order valence-corrected chi connectivity index (χ3v) is 5.08. The molecule has 0 amide bonds. The van der Waals surface area contributed by atoms with Crippen molar-refractivity contribution in [2.75, 3.05) is 13.1 Å². The zero-order chi connectivity index (χ0) is 18.9. The highest BCUT2D eigenvalue weighted by atomic mass is 19.1. The smallest absolute Gasteiger partial charge is 0.140 e. The SMILES string of the molecule is FC1CN(Cc2ccc3ccccc3n2)CC1OCc1nc2ccncc2[nH]1. The molecular formula is C21H20FN5O. The summed E-state index contributed by atoms with van der Waals surface area (Å²) in [5.74, 6) is 0.685. The molecule has 4 aromatic rings. The minimum atomic E-state index is -1.02. The van der Waals surface area contributed by atoms with Crippen LogP contribution < -0.4 is 0 Å². The molecular weight excluding hydrogens is 357 g/mol. The summed E-state index contributed by atoms with van der Waals surface area (Å²) in [6, 6.07) is 13.9. The fourth-order valence-electron chi connectivity index (χ4n) is 3.68. The number of halogens is 1. The Morgan fingerprint density at radius 3 is 2.93 bits per heavy atom. The number of nitrogens with zero attached hydrogens (tertiary/aromatic N) is 4. The predicted octanol–water partition coefficient (Wildman–Crippen LogP) is 3.25. The first-order valence-electron chi connectivity index (χ1n) is 9.36. The van der Waals surface area contributed by atoms with Gasteiger partial charge in [0.2, 0.25) is 0 Å². The van der Waals surface area contributed by atoms with Crippen LogP contribution in [0.15, 0.2) is 54.9 Å². The number of hydrogen-bond acceptors (Lipinski definition) is 5. The molecule has 142 valence electrons. The number of H-pyrrole nitrogens is 1. The minimum absolute atomic E-state index is 0.252. The molecule has 1 saturated heterocycles. The van der Waals surface area contributed by atoms with Crippen LogP contribution in [0.5, 0.6) is 0 Å². The third-order valence-electron chi connectivity index (χ3n) is 5.08. The number of benzene rings is 1. The Kier molecular flexibility index (Phi) is 4.46. The third kappa shape index (κ3) is 3.46. The number of pyridine rings is 2. The summed E-state index contributed by atoms with van der Waals surface area (Å²) in [6.45, 7) is 1.75. The van der Waals surface area contributed by atoms with E-state index in [2.05, 4.69) is 30.9 Å². The van der Waals surface area contributed by atoms with Crippen molar-refractivity contribution in [2.24, 2.45) is 0 Å². The monoisotopic (exact) mass is 377 g/mol. The van der Waals surface area contributed by atoms with Gasteiger partial charge in [-0.2, -0.15) is 0 Å². The molecule has 6 nitrogen and oxygen atoms in total. The van der Waals surface area contributed by atoms with Gasteiger partial charge in [-0.25, -0.2) is 9.37 Å². The van der Waals surface area contributed by atoms with E-state index in [1.165, 1.54) is 0 Å². The molecule has 1 aliphatic rings. The molecule has 2 atom stereocenters. The number of ether oxygens (including phenoxy) is 1. The van der Waals surface area contributed by atoms with Crippen LogP contribution in [0.2, 0.25) is 0 Å². The van der Waals surface area contributed by atoms with Gasteiger partial charge in [-0.3, -0.25) is 14.9 Å². The van der Waals surface area contributed by atoms with E-state index < -0.39 is 12.3 Å². The molecule has 3 aromatic heterocycles. The highest BCUT2D eigenvalue weighted by Gasteiger charge is 2.34. The van der Waals surface area contributed by atoms with E-state index in [1.807, 2.05) is 36.4 Å². The van der Waals surface area contributed by atoms with Gasteiger partial charge in [-0.1, -0.05) is 24.3 Å². The number of para-hydroxylation sites is 1. The van der Waals surface area contributed by atoms with Crippen LogP contribution in [0, 0.1) is 0 Å². The summed E-state index contributed by atoms with van der Waals surface area (Å²) in [5, 5.41) is 1.11. The number of fused-ring (bicyclic) bond motifs is 2. The fraction of sp³-hybridized carbons (Fsp3) is 0.286. The summed E-state index contributed by atoms with van der Waals surface area (Å²) < 4.78 is 20.3. The van der Waals surface area contributed by atoms with Crippen molar-refractivity contribution in [3.63, 3.8) is 0 Å². The molecule has 1 aromatic carbocycles. The van der Waals surface area contributed by atoms with Gasteiger partial charge < -0.3 is 9.72 Å². The van der Waals surface area contributed by atoms with Crippen molar-refractivity contribution >= 4 is 21.9 Å². The van der Waals surface area contributed by atoms with Crippen molar-refractivity contribution in [3.8, 4) is 0 Å². The molecule has 0 bridgehead atoms. The van der Waals surface area contributed by atoms with Gasteiger partial charge >= 0.3 is 0 Å². The number of rotatable bonds is 5. The first kappa shape index (κ1) is 17.2. The molecule has 1 N–H and O–H groups in total. The van der Waals surface area contributed by atoms with Gasteiger partial charge in [0.25, 0.3) is 0 Å². The lowest BCUT2D eigenvalue weighted by molar-refractivity contribution is 0.00861. The summed E-state index contributed by atoms with van der Waals surface area (Å²) in [5.41, 5.74) is 3.59. The Labute approximate surface area is 161 Å². The van der Waals surface area contributed by atoms with Gasteiger partial charge in [-0.15, -0.1) is 0 Å². The van der Waals surface area contributed by atoms with Crippen molar-refractivity contribution in [1.29, 1.82) is 0 Å². The van der Waals surface area contributed by atoms with Crippen molar-refractivity contribution in [1.82, 2.24) is 24.8 Å². The predicted molar refractivity (Wildman–Crippen MR) is 104 cm³/mol. The summed E-state index contributed by atoms with van der Waals surface area (Å²) in [7, 11) is 0. The van der Waals surface area contributed by atoms with Crippen LogP contribution in [0.4, 0.5) is 4.39 Å². The number of aromatic amines is 1. The second kappa shape index (κ2) is 7.26. The standard InChI is InChI=1S/C21H20FN5O/c22-16-11-27(10-15-6-5-14-3-1-2-4-17(14)24-15)12-20(16)28-13-21-25-18-7-8-23-9-19(18)26-21/h1-9,16,20H,10-13H2,(H,25,26). The number of aromatic nitrogens is 4. The summed E-state index contributed by atoms with van der Waals surface area (Å²) >= 11 is 0. The first-order chi connectivity index (χ1) is 13.7. The van der Waals surface area contributed by atoms with Crippen LogP contribution in [0.25, 0.3) is 21.9 Å². The molecule has 0 radical (unpaired) electrons. The molecule has 0 saturated carbocycles. The minimum Gasteiger partial charge on any atom is -0.366 e. The van der Waals surface area contributed by atoms with Crippen molar-refractivity contribution < 1.29 is 9.13 Å². The molecule has 28 heavy (non-hydrogen) atoms. The quantitative estimate of drug-likeness (QED) is 0.578. The van der Waals surface area contributed by atoms with Gasteiger partial charge in [0.15, 0.2) is 0 Å². The molecule has 1 aliphatic heterocycles. The second-order valence-electron chi connectivity index (χ2n) is 7.13. The number of hydrogen-bond donors (Lipinski definition) is 1. The van der Waals surface area contributed by atoms with E-state index in [9.17, 15) is 4.39 Å². The van der Waals surface area contributed by atoms with Crippen LogP contribution in [-0.2, 0) is 17.9 Å². The Morgan fingerprint density at radius 1 is 1.07 bits per heavy atom. The Morgan fingerprint density at radius 2 is 2.00 bits per heavy atom. The number of likely N-dealkylation sites (tertiary alicyclic amines) is 1. The average molecular weight is 377 g/mol. The zero-order valence-electron chi connectivity index (χ0n) is 15.3. The van der Waals surface area contributed by atoms with E-state index in [4.69, 9.17) is 4.74 Å². The van der Waals surface area contributed by atoms with Crippen LogP contribution in [0.1, 0.15) is 11.5 Å². The van der Waals surface area contributed by atoms with E-state index >= 15 is 0 Å². The normalized spacial score (nSPS) is 20.3. The number of alkyl halides is 1. The number of nitrogens with one attached hydrogen (secondary N) is 1. The molecule has 2 unspecified atom stereocenters. The summed E-state index contributed by atoms with van der Waals surface area (Å²) in [6.07, 6.45) is 1.93. The van der Waals surface area contributed by atoms with Crippen LogP contribution >= 0.6 is 0 Å². The first-order valence-corrected chi connectivity index (χ1v) is 9.36. The Balaban J connectivity index is 1.21. The van der Waals surface area contributed by atoms with Gasteiger partial charge in [0.1, 0.15) is 24.7 Å². The van der Waals surface area contributed by atoms with Crippen molar-refractivity contribution in [2.45, 2.75) is 25.4 Å². The van der Waals surface area contributed by atoms with E-state index in [-0.39, 0.29) is 6.61 Å². The van der Waals surface area contributed by atoms with Gasteiger partial charge in [0.05, 0.1) is 28.4 Å². The van der Waals surface area contributed by atoms with Crippen LogP contribution in [-0.4, -0.2) is 50.2 Å². The maximum absolute atomic E-state index is 14.5. The topological polar surface area (TPSA) is 66.9 Å². The zero-order valence-corrected chi connectivity index (χ0v) is 15.3. The number of imidazole rings is 1. The molecule has 0 aliphatic carbocycles. The summed E-state index contributed by atoms with van der Waals surface area (Å²) in [4.78, 5) is 18.4. The maximum atomic E-state index is 14.5. The van der Waals surface area contributed by atoms with E-state index in [0.29, 0.717) is 25.5 Å². The van der Waals surface area contributed by atoms with Crippen molar-refractivity contribution in [3.05, 3.63) is 66.4 Å². The molecule has 5 rings (SSSR count). The molecule has 4 heterocycles.